The van der Waals surface area contributed by atoms with Crippen LogP contribution in [0.5, 0.6) is 0 Å². The fourth-order valence-corrected chi connectivity index (χ4v) is 12.8. The van der Waals surface area contributed by atoms with Gasteiger partial charge in [-0.1, -0.05) is 115 Å². The van der Waals surface area contributed by atoms with Gasteiger partial charge >= 0.3 is 0 Å². The van der Waals surface area contributed by atoms with E-state index in [9.17, 15) is 0 Å². The monoisotopic (exact) mass is 741 g/mol. The van der Waals surface area contributed by atoms with E-state index >= 15 is 0 Å². The second kappa shape index (κ2) is 11.4. The number of nitrogens with zero attached hydrogens (tertiary/aromatic N) is 1. The van der Waals surface area contributed by atoms with Gasteiger partial charge in [0.1, 0.15) is 0 Å². The second-order valence-corrected chi connectivity index (χ2v) is 17.8. The lowest BCUT2D eigenvalue weighted by Gasteiger charge is -2.32. The van der Waals surface area contributed by atoms with Gasteiger partial charge < -0.3 is 4.90 Å². The molecule has 12 rings (SSSR count). The molecule has 0 aliphatic heterocycles. The molecule has 4 heteroatoms. The van der Waals surface area contributed by atoms with Crippen molar-refractivity contribution in [1.82, 2.24) is 0 Å². The van der Waals surface area contributed by atoms with E-state index in [1.54, 1.807) is 0 Å². The van der Waals surface area contributed by atoms with Crippen LogP contribution in [0.2, 0.25) is 0 Å². The van der Waals surface area contributed by atoms with E-state index in [0.29, 0.717) is 0 Å². The molecule has 3 aromatic heterocycles. The van der Waals surface area contributed by atoms with Crippen molar-refractivity contribution in [3.05, 3.63) is 187 Å². The molecule has 0 radical (unpaired) electrons. The number of benzene rings is 8. The van der Waals surface area contributed by atoms with Gasteiger partial charge in [-0.05, 0) is 89.3 Å². The normalized spacial score (nSPS) is 13.4. The predicted octanol–water partition coefficient (Wildman–Crippen LogP) is 15.6. The van der Waals surface area contributed by atoms with Crippen molar-refractivity contribution in [2.75, 3.05) is 4.90 Å². The Kier molecular flexibility index (Phi) is 6.45. The maximum Gasteiger partial charge on any atom is 0.0476 e. The molecule has 0 fully saturated rings. The van der Waals surface area contributed by atoms with Crippen LogP contribution >= 0.6 is 34.0 Å². The van der Waals surface area contributed by atoms with Gasteiger partial charge in [0.25, 0.3) is 0 Å². The van der Waals surface area contributed by atoms with E-state index in [2.05, 4.69) is 182 Å². The summed E-state index contributed by atoms with van der Waals surface area (Å²) >= 11 is 5.69. The van der Waals surface area contributed by atoms with Crippen molar-refractivity contribution in [1.29, 1.82) is 0 Å². The lowest BCUT2D eigenvalue weighted by Crippen LogP contribution is -2.23. The molecule has 0 atom stereocenters. The first-order chi connectivity index (χ1) is 26.6. The minimum absolute atomic E-state index is 0.348. The average Bonchev–Trinajstić information content (AvgIpc) is 3.96. The van der Waals surface area contributed by atoms with Crippen LogP contribution in [0.1, 0.15) is 23.6 Å². The van der Waals surface area contributed by atoms with Crippen molar-refractivity contribution >= 4 is 112 Å². The Hall–Kier alpha value is -5.78. The molecule has 1 aliphatic carbocycles. The molecule has 1 nitrogen and oxygen atoms in total. The van der Waals surface area contributed by atoms with Gasteiger partial charge in [0, 0.05) is 83.0 Å². The van der Waals surface area contributed by atoms with E-state index in [4.69, 9.17) is 0 Å². The van der Waals surface area contributed by atoms with Gasteiger partial charge in [-0.15, -0.1) is 34.0 Å². The molecule has 1 aliphatic rings. The minimum Gasteiger partial charge on any atom is -0.310 e. The quantitative estimate of drug-likeness (QED) is 0.174. The molecule has 54 heavy (non-hydrogen) atoms. The van der Waals surface area contributed by atoms with Crippen LogP contribution in [0.3, 0.4) is 0 Å². The zero-order valence-corrected chi connectivity index (χ0v) is 31.8. The summed E-state index contributed by atoms with van der Waals surface area (Å²) in [6.07, 6.45) is 0. The van der Waals surface area contributed by atoms with Gasteiger partial charge in [-0.2, -0.15) is 0 Å². The Morgan fingerprint density at radius 2 is 0.796 bits per heavy atom. The maximum atomic E-state index is 2.51. The molecule has 0 unspecified atom stereocenters. The Labute approximate surface area is 324 Å². The third kappa shape index (κ3) is 4.24. The molecule has 254 valence electrons. The van der Waals surface area contributed by atoms with Crippen LogP contribution < -0.4 is 4.90 Å². The number of anilines is 3. The topological polar surface area (TPSA) is 3.24 Å². The van der Waals surface area contributed by atoms with Gasteiger partial charge in [0.05, 0.1) is 0 Å². The lowest BCUT2D eigenvalue weighted by molar-refractivity contribution is 0.722. The Balaban J connectivity index is 1.18. The third-order valence-corrected chi connectivity index (χ3v) is 15.2. The van der Waals surface area contributed by atoms with Crippen LogP contribution in [0.4, 0.5) is 17.1 Å². The van der Waals surface area contributed by atoms with Gasteiger partial charge in [0.2, 0.25) is 0 Å². The van der Waals surface area contributed by atoms with Crippen LogP contribution in [-0.4, -0.2) is 0 Å². The molecule has 0 saturated heterocycles. The Morgan fingerprint density at radius 1 is 0.352 bits per heavy atom. The number of thiophene rings is 3. The molecule has 3 heterocycles. The van der Waals surface area contributed by atoms with E-state index in [1.165, 1.54) is 94.0 Å². The first-order valence-electron chi connectivity index (χ1n) is 18.4. The summed E-state index contributed by atoms with van der Waals surface area (Å²) in [5.41, 5.74) is 9.90. The highest BCUT2D eigenvalue weighted by molar-refractivity contribution is 7.26. The highest BCUT2D eigenvalue weighted by Gasteiger charge is 2.42. The third-order valence-electron chi connectivity index (χ3n) is 11.7. The Bertz CT molecular complexity index is 3160. The largest absolute Gasteiger partial charge is 0.310 e. The summed E-state index contributed by atoms with van der Waals surface area (Å²) in [7, 11) is 0. The summed E-state index contributed by atoms with van der Waals surface area (Å²) in [5.74, 6) is 0. The zero-order valence-electron chi connectivity index (χ0n) is 29.3. The zero-order chi connectivity index (χ0) is 35.5. The average molecular weight is 742 g/mol. The van der Waals surface area contributed by atoms with Crippen molar-refractivity contribution in [3.8, 4) is 11.1 Å². The number of fused-ring (bicyclic) bond motifs is 12. The predicted molar refractivity (Wildman–Crippen MR) is 237 cm³/mol. The fourth-order valence-electron chi connectivity index (χ4n) is 9.21. The summed E-state index contributed by atoms with van der Waals surface area (Å²) < 4.78 is 7.92. The molecule has 0 amide bonds. The SMILES string of the molecule is CC1(c2cc(N(c3ccc4c(c3)sc3ccccc34)c3ccc4c(c3)sc3ccccc34)cc3c2sc2ccccc23)c2ccccc2-c2ccccc21. The van der Waals surface area contributed by atoms with Gasteiger partial charge in [-0.3, -0.25) is 0 Å². The van der Waals surface area contributed by atoms with Crippen molar-refractivity contribution in [2.45, 2.75) is 12.3 Å². The van der Waals surface area contributed by atoms with Gasteiger partial charge in [-0.25, -0.2) is 0 Å². The smallest absolute Gasteiger partial charge is 0.0476 e. The van der Waals surface area contributed by atoms with Crippen LogP contribution in [0.25, 0.3) is 71.6 Å². The van der Waals surface area contributed by atoms with E-state index in [-0.39, 0.29) is 5.41 Å². The van der Waals surface area contributed by atoms with E-state index in [0.717, 1.165) is 11.4 Å². The first-order valence-corrected chi connectivity index (χ1v) is 20.9. The van der Waals surface area contributed by atoms with Crippen LogP contribution in [0, 0.1) is 0 Å². The summed E-state index contributed by atoms with van der Waals surface area (Å²) in [5, 5.41) is 7.88. The van der Waals surface area contributed by atoms with Crippen molar-refractivity contribution in [2.24, 2.45) is 0 Å². The molecule has 0 N–H and O–H groups in total. The van der Waals surface area contributed by atoms with Crippen molar-refractivity contribution in [3.63, 3.8) is 0 Å². The van der Waals surface area contributed by atoms with Crippen LogP contribution in [0.15, 0.2) is 170 Å². The summed E-state index contributed by atoms with van der Waals surface area (Å²) in [6.45, 7) is 2.46. The standard InChI is InChI=1S/C50H31NS3/c1-50(41-17-7-2-12-33(41)34-13-3-8-18-42(34)50)43-27-32(26-40-37-16-6-11-21-46(37)54-49(40)43)51(30-22-24-38-35-14-4-9-19-44(35)52-47(38)28-30)31-23-25-39-36-15-5-10-20-45(36)53-48(39)29-31/h2-29H,1H3. The first kappa shape index (κ1) is 30.7. The highest BCUT2D eigenvalue weighted by atomic mass is 32.1. The fraction of sp³-hybridized carbons (Fsp3) is 0.0400. The minimum atomic E-state index is -0.348. The maximum absolute atomic E-state index is 2.51. The molecule has 0 bridgehead atoms. The van der Waals surface area contributed by atoms with E-state index in [1.807, 2.05) is 34.0 Å². The molecular formula is C50H31NS3. The Morgan fingerprint density at radius 3 is 1.35 bits per heavy atom. The summed E-state index contributed by atoms with van der Waals surface area (Å²) in [4.78, 5) is 2.51. The number of hydrogen-bond acceptors (Lipinski definition) is 4. The van der Waals surface area contributed by atoms with Crippen molar-refractivity contribution < 1.29 is 0 Å². The molecule has 0 spiro atoms. The molecule has 0 saturated carbocycles. The molecule has 8 aromatic carbocycles. The van der Waals surface area contributed by atoms with Gasteiger partial charge in [0.15, 0.2) is 0 Å². The van der Waals surface area contributed by atoms with Crippen LogP contribution in [-0.2, 0) is 5.41 Å². The second-order valence-electron chi connectivity index (χ2n) is 14.6. The lowest BCUT2D eigenvalue weighted by atomic mass is 9.73. The molecular weight excluding hydrogens is 711 g/mol. The number of hydrogen-bond donors (Lipinski definition) is 0. The highest BCUT2D eigenvalue weighted by Crippen LogP contribution is 2.56. The molecule has 11 aromatic rings. The summed E-state index contributed by atoms with van der Waals surface area (Å²) in [6, 6.07) is 63.7. The number of rotatable bonds is 4. The van der Waals surface area contributed by atoms with E-state index < -0.39 is 0 Å².